The third-order valence-corrected chi connectivity index (χ3v) is 4.75. The first-order chi connectivity index (χ1) is 9.60. The lowest BCUT2D eigenvalue weighted by atomic mass is 10.00. The van der Waals surface area contributed by atoms with Crippen LogP contribution in [0.4, 0.5) is 5.82 Å². The van der Waals surface area contributed by atoms with E-state index in [0.29, 0.717) is 35.4 Å². The number of aromatic nitrogens is 1. The van der Waals surface area contributed by atoms with Crippen LogP contribution in [-0.4, -0.2) is 47.1 Å². The van der Waals surface area contributed by atoms with E-state index in [9.17, 15) is 9.90 Å². The zero-order valence-corrected chi connectivity index (χ0v) is 12.1. The van der Waals surface area contributed by atoms with Gasteiger partial charge in [0.1, 0.15) is 5.82 Å². The average Bonchev–Trinajstić information content (AvgIpc) is 3.01. The maximum Gasteiger partial charge on any atom is 0.255 e. The van der Waals surface area contributed by atoms with Crippen LogP contribution in [0.5, 0.6) is 0 Å². The Kier molecular flexibility index (Phi) is 3.56. The fraction of sp³-hybridized carbons (Fsp3) is 0.571. The zero-order valence-electron chi connectivity index (χ0n) is 11.3. The van der Waals surface area contributed by atoms with E-state index in [1.165, 1.54) is 6.20 Å². The maximum atomic E-state index is 12.6. The predicted octanol–water partition coefficient (Wildman–Crippen LogP) is 1.62. The molecular weight excluding hydrogens is 278 g/mol. The fourth-order valence-corrected chi connectivity index (χ4v) is 3.50. The van der Waals surface area contributed by atoms with E-state index in [1.54, 1.807) is 18.0 Å². The molecule has 3 unspecified atom stereocenters. The number of aliphatic hydroxyl groups is 1. The Morgan fingerprint density at radius 1 is 1.50 bits per heavy atom. The first-order valence-electron chi connectivity index (χ1n) is 6.90. The number of halogens is 1. The molecule has 0 bridgehead atoms. The van der Waals surface area contributed by atoms with Crippen LogP contribution in [0.2, 0.25) is 5.02 Å². The lowest BCUT2D eigenvalue weighted by molar-refractivity contribution is 0.0752. The second-order valence-electron chi connectivity index (χ2n) is 5.58. The van der Waals surface area contributed by atoms with Crippen molar-refractivity contribution >= 4 is 23.3 Å². The number of anilines is 1. The SMILES string of the molecule is CNc1cc(C(=O)N2CC3CCC(O)C3C2)c(Cl)cn1. The summed E-state index contributed by atoms with van der Waals surface area (Å²) in [6.45, 7) is 1.34. The number of hydrogen-bond acceptors (Lipinski definition) is 4. The predicted molar refractivity (Wildman–Crippen MR) is 76.9 cm³/mol. The van der Waals surface area contributed by atoms with Crippen molar-refractivity contribution in [3.05, 3.63) is 22.8 Å². The molecule has 1 aromatic rings. The molecule has 1 amide bonds. The molecule has 0 radical (unpaired) electrons. The summed E-state index contributed by atoms with van der Waals surface area (Å²) in [6, 6.07) is 1.68. The molecule has 2 N–H and O–H groups in total. The fourth-order valence-electron chi connectivity index (χ4n) is 3.31. The molecule has 3 atom stereocenters. The molecule has 6 heteroatoms. The minimum absolute atomic E-state index is 0.0736. The van der Waals surface area contributed by atoms with Crippen molar-refractivity contribution in [1.82, 2.24) is 9.88 Å². The summed E-state index contributed by atoms with van der Waals surface area (Å²) in [7, 11) is 1.75. The van der Waals surface area contributed by atoms with Crippen molar-refractivity contribution in [3.63, 3.8) is 0 Å². The molecule has 3 rings (SSSR count). The van der Waals surface area contributed by atoms with Gasteiger partial charge in [-0.25, -0.2) is 4.98 Å². The number of fused-ring (bicyclic) bond motifs is 1. The second-order valence-corrected chi connectivity index (χ2v) is 5.99. The van der Waals surface area contributed by atoms with Crippen LogP contribution in [0.1, 0.15) is 23.2 Å². The highest BCUT2D eigenvalue weighted by Gasteiger charge is 2.43. The first-order valence-corrected chi connectivity index (χ1v) is 7.28. The Morgan fingerprint density at radius 2 is 2.30 bits per heavy atom. The summed E-state index contributed by atoms with van der Waals surface area (Å²) in [5.74, 6) is 1.20. The van der Waals surface area contributed by atoms with Gasteiger partial charge in [0.25, 0.3) is 5.91 Å². The van der Waals surface area contributed by atoms with Gasteiger partial charge in [-0.15, -0.1) is 0 Å². The Balaban J connectivity index is 1.80. The van der Waals surface area contributed by atoms with E-state index in [0.717, 1.165) is 12.8 Å². The number of nitrogens with zero attached hydrogens (tertiary/aromatic N) is 2. The summed E-state index contributed by atoms with van der Waals surface area (Å²) < 4.78 is 0. The second kappa shape index (κ2) is 5.22. The molecule has 5 nitrogen and oxygen atoms in total. The number of pyridine rings is 1. The van der Waals surface area contributed by atoms with Gasteiger partial charge in [0, 0.05) is 32.3 Å². The van der Waals surface area contributed by atoms with Crippen LogP contribution >= 0.6 is 11.6 Å². The topological polar surface area (TPSA) is 65.5 Å². The molecule has 0 spiro atoms. The smallest absolute Gasteiger partial charge is 0.255 e. The van der Waals surface area contributed by atoms with Crippen molar-refractivity contribution in [2.24, 2.45) is 11.8 Å². The summed E-state index contributed by atoms with van der Waals surface area (Å²) in [5.41, 5.74) is 0.473. The van der Waals surface area contributed by atoms with Crippen molar-refractivity contribution in [2.45, 2.75) is 18.9 Å². The first kappa shape index (κ1) is 13.6. The molecule has 1 aliphatic heterocycles. The molecule has 0 aromatic carbocycles. The highest BCUT2D eigenvalue weighted by Crippen LogP contribution is 2.38. The molecule has 1 aromatic heterocycles. The number of carbonyl (C=O) groups excluding carboxylic acids is 1. The van der Waals surface area contributed by atoms with Gasteiger partial charge in [0.05, 0.1) is 16.7 Å². The summed E-state index contributed by atoms with van der Waals surface area (Å²) >= 11 is 6.09. The standard InChI is InChI=1S/C14H18ClN3O2/c1-16-13-4-9(11(15)5-17-13)14(20)18-6-8-2-3-12(19)10(8)7-18/h4-5,8,10,12,19H,2-3,6-7H2,1H3,(H,16,17). The maximum absolute atomic E-state index is 12.6. The average molecular weight is 296 g/mol. The number of likely N-dealkylation sites (tertiary alicyclic amines) is 1. The summed E-state index contributed by atoms with van der Waals surface area (Å²) in [5, 5.41) is 13.2. The third kappa shape index (κ3) is 2.25. The zero-order chi connectivity index (χ0) is 14.3. The summed E-state index contributed by atoms with van der Waals surface area (Å²) in [6.07, 6.45) is 3.09. The Morgan fingerprint density at radius 3 is 3.00 bits per heavy atom. The van der Waals surface area contributed by atoms with Crippen LogP contribution in [0.25, 0.3) is 0 Å². The summed E-state index contributed by atoms with van der Waals surface area (Å²) in [4.78, 5) is 18.5. The van der Waals surface area contributed by atoms with E-state index in [4.69, 9.17) is 11.6 Å². The Labute approximate surface area is 122 Å². The van der Waals surface area contributed by atoms with Gasteiger partial charge >= 0.3 is 0 Å². The monoisotopic (exact) mass is 295 g/mol. The van der Waals surface area contributed by atoms with E-state index in [-0.39, 0.29) is 17.9 Å². The Bertz CT molecular complexity index is 537. The van der Waals surface area contributed by atoms with Crippen LogP contribution in [0.3, 0.4) is 0 Å². The molecule has 2 aliphatic rings. The van der Waals surface area contributed by atoms with Gasteiger partial charge in [-0.1, -0.05) is 11.6 Å². The van der Waals surface area contributed by atoms with Gasteiger partial charge in [0.2, 0.25) is 0 Å². The van der Waals surface area contributed by atoms with Crippen molar-refractivity contribution in [1.29, 1.82) is 0 Å². The number of amides is 1. The minimum atomic E-state index is -0.265. The van der Waals surface area contributed by atoms with Crippen LogP contribution < -0.4 is 5.32 Å². The number of aliphatic hydroxyl groups excluding tert-OH is 1. The largest absolute Gasteiger partial charge is 0.393 e. The van der Waals surface area contributed by atoms with Gasteiger partial charge in [-0.3, -0.25) is 4.79 Å². The molecule has 2 heterocycles. The molecular formula is C14H18ClN3O2. The molecule has 108 valence electrons. The molecule has 1 saturated heterocycles. The normalized spacial score (nSPS) is 28.6. The quantitative estimate of drug-likeness (QED) is 0.870. The third-order valence-electron chi connectivity index (χ3n) is 4.45. The van der Waals surface area contributed by atoms with Crippen LogP contribution in [0.15, 0.2) is 12.3 Å². The van der Waals surface area contributed by atoms with E-state index in [2.05, 4.69) is 10.3 Å². The van der Waals surface area contributed by atoms with Crippen molar-refractivity contribution in [2.75, 3.05) is 25.5 Å². The van der Waals surface area contributed by atoms with Crippen molar-refractivity contribution in [3.8, 4) is 0 Å². The number of rotatable bonds is 2. The highest BCUT2D eigenvalue weighted by atomic mass is 35.5. The van der Waals surface area contributed by atoms with Crippen LogP contribution in [0, 0.1) is 11.8 Å². The lowest BCUT2D eigenvalue weighted by Crippen LogP contribution is -2.31. The van der Waals surface area contributed by atoms with Gasteiger partial charge in [-0.2, -0.15) is 0 Å². The van der Waals surface area contributed by atoms with Crippen molar-refractivity contribution < 1.29 is 9.90 Å². The van der Waals surface area contributed by atoms with Crippen LogP contribution in [-0.2, 0) is 0 Å². The molecule has 2 fully saturated rings. The van der Waals surface area contributed by atoms with E-state index in [1.807, 2.05) is 0 Å². The van der Waals surface area contributed by atoms with E-state index < -0.39 is 0 Å². The van der Waals surface area contributed by atoms with Gasteiger partial charge in [0.15, 0.2) is 0 Å². The molecule has 20 heavy (non-hydrogen) atoms. The number of nitrogens with one attached hydrogen (secondary N) is 1. The number of carbonyl (C=O) groups is 1. The lowest BCUT2D eigenvalue weighted by Gasteiger charge is -2.19. The molecule has 1 saturated carbocycles. The minimum Gasteiger partial charge on any atom is -0.393 e. The number of hydrogen-bond donors (Lipinski definition) is 2. The van der Waals surface area contributed by atoms with Gasteiger partial charge in [-0.05, 0) is 24.8 Å². The molecule has 1 aliphatic carbocycles. The Hall–Kier alpha value is -1.33. The highest BCUT2D eigenvalue weighted by molar-refractivity contribution is 6.33. The van der Waals surface area contributed by atoms with E-state index >= 15 is 0 Å². The van der Waals surface area contributed by atoms with Gasteiger partial charge < -0.3 is 15.3 Å².